The molecular weight excluding hydrogens is 398 g/mol. The Labute approximate surface area is 191 Å². The van der Waals surface area contributed by atoms with Crippen LogP contribution in [0.4, 0.5) is 10.5 Å². The highest BCUT2D eigenvalue weighted by molar-refractivity contribution is 5.95. The smallest absolute Gasteiger partial charge is 0.325 e. The van der Waals surface area contributed by atoms with Crippen molar-refractivity contribution in [2.24, 2.45) is 11.7 Å². The number of nitrogens with two attached hydrogens (primary N) is 1. The fourth-order valence-electron chi connectivity index (χ4n) is 4.32. The molecule has 0 fully saturated rings. The zero-order valence-electron chi connectivity index (χ0n) is 19.9. The van der Waals surface area contributed by atoms with E-state index in [1.54, 1.807) is 0 Å². The molecule has 1 aromatic heterocycles. The van der Waals surface area contributed by atoms with Crippen molar-refractivity contribution in [3.8, 4) is 0 Å². The van der Waals surface area contributed by atoms with Gasteiger partial charge in [-0.25, -0.2) is 9.78 Å². The SMILES string of the molecule is CC(C)CCn1c(CN2C(=O)N(C(C)(C)C)Cc3ccccc32)nc2cc(CN)ccc21. The topological polar surface area (TPSA) is 67.4 Å². The maximum atomic E-state index is 13.6. The van der Waals surface area contributed by atoms with Crippen molar-refractivity contribution in [3.63, 3.8) is 0 Å². The van der Waals surface area contributed by atoms with Crippen molar-refractivity contribution >= 4 is 22.8 Å². The van der Waals surface area contributed by atoms with Gasteiger partial charge >= 0.3 is 6.03 Å². The number of nitrogens with zero attached hydrogens (tertiary/aromatic N) is 4. The van der Waals surface area contributed by atoms with Gasteiger partial charge in [-0.3, -0.25) is 4.90 Å². The number of amides is 2. The molecule has 0 saturated heterocycles. The fourth-order valence-corrected chi connectivity index (χ4v) is 4.32. The quantitative estimate of drug-likeness (QED) is 0.575. The number of para-hydroxylation sites is 1. The third-order valence-corrected chi connectivity index (χ3v) is 6.24. The fraction of sp³-hybridized carbons (Fsp3) is 0.462. The second-order valence-corrected chi connectivity index (χ2v) is 10.1. The molecule has 6 heteroatoms. The summed E-state index contributed by atoms with van der Waals surface area (Å²) < 4.78 is 2.28. The monoisotopic (exact) mass is 433 g/mol. The van der Waals surface area contributed by atoms with E-state index in [1.165, 1.54) is 0 Å². The molecule has 2 heterocycles. The number of carbonyl (C=O) groups excluding carboxylic acids is 1. The molecule has 1 aliphatic heterocycles. The Bertz CT molecular complexity index is 1120. The Morgan fingerprint density at radius 1 is 1.12 bits per heavy atom. The highest BCUT2D eigenvalue weighted by Crippen LogP contribution is 2.34. The van der Waals surface area contributed by atoms with Crippen LogP contribution in [-0.4, -0.2) is 26.0 Å². The van der Waals surface area contributed by atoms with Gasteiger partial charge in [-0.15, -0.1) is 0 Å². The Morgan fingerprint density at radius 2 is 1.88 bits per heavy atom. The molecule has 6 nitrogen and oxygen atoms in total. The van der Waals surface area contributed by atoms with Crippen LogP contribution in [-0.2, 0) is 26.2 Å². The van der Waals surface area contributed by atoms with Gasteiger partial charge in [0.05, 0.1) is 23.3 Å². The molecule has 4 rings (SSSR count). The molecule has 2 amide bonds. The van der Waals surface area contributed by atoms with E-state index >= 15 is 0 Å². The van der Waals surface area contributed by atoms with Crippen LogP contribution in [0.25, 0.3) is 11.0 Å². The van der Waals surface area contributed by atoms with Gasteiger partial charge in [-0.1, -0.05) is 38.1 Å². The Hall–Kier alpha value is -2.86. The van der Waals surface area contributed by atoms with Gasteiger partial charge in [0.2, 0.25) is 0 Å². The minimum absolute atomic E-state index is 0.0290. The molecule has 0 aliphatic carbocycles. The van der Waals surface area contributed by atoms with Crippen molar-refractivity contribution in [2.75, 3.05) is 4.90 Å². The van der Waals surface area contributed by atoms with E-state index in [0.29, 0.717) is 25.6 Å². The summed E-state index contributed by atoms with van der Waals surface area (Å²) in [5.74, 6) is 1.49. The zero-order valence-corrected chi connectivity index (χ0v) is 19.9. The number of anilines is 1. The number of fused-ring (bicyclic) bond motifs is 2. The lowest BCUT2D eigenvalue weighted by Gasteiger charge is -2.43. The van der Waals surface area contributed by atoms with Crippen LogP contribution in [0, 0.1) is 5.92 Å². The van der Waals surface area contributed by atoms with Crippen molar-refractivity contribution < 1.29 is 4.79 Å². The summed E-state index contributed by atoms with van der Waals surface area (Å²) in [4.78, 5) is 22.5. The number of imidazole rings is 1. The lowest BCUT2D eigenvalue weighted by atomic mass is 10.0. The maximum absolute atomic E-state index is 13.6. The van der Waals surface area contributed by atoms with Crippen LogP contribution < -0.4 is 10.6 Å². The lowest BCUT2D eigenvalue weighted by Crippen LogP contribution is -2.54. The number of benzene rings is 2. The predicted octanol–water partition coefficient (Wildman–Crippen LogP) is 5.28. The minimum atomic E-state index is -0.267. The number of carbonyl (C=O) groups is 1. The number of rotatable bonds is 6. The van der Waals surface area contributed by atoms with E-state index in [1.807, 2.05) is 28.0 Å². The van der Waals surface area contributed by atoms with Crippen LogP contribution in [0.3, 0.4) is 0 Å². The number of aryl methyl sites for hydroxylation is 1. The van der Waals surface area contributed by atoms with Crippen LogP contribution in [0.1, 0.15) is 58.0 Å². The summed E-state index contributed by atoms with van der Waals surface area (Å²) in [7, 11) is 0. The highest BCUT2D eigenvalue weighted by atomic mass is 16.2. The first-order valence-corrected chi connectivity index (χ1v) is 11.5. The van der Waals surface area contributed by atoms with E-state index in [4.69, 9.17) is 10.7 Å². The van der Waals surface area contributed by atoms with Crippen LogP contribution in [0.15, 0.2) is 42.5 Å². The van der Waals surface area contributed by atoms with E-state index in [-0.39, 0.29) is 11.6 Å². The standard InChI is InChI=1S/C26H35N5O/c1-18(2)12-13-29-23-11-10-19(15-27)14-21(23)28-24(29)17-30-22-9-7-6-8-20(22)16-31(25(30)32)26(3,4)5/h6-11,14,18H,12-13,15-17,27H2,1-5H3. The van der Waals surface area contributed by atoms with Gasteiger partial charge in [0, 0.05) is 25.2 Å². The molecule has 2 aromatic carbocycles. The van der Waals surface area contributed by atoms with Crippen molar-refractivity contribution in [1.29, 1.82) is 0 Å². The van der Waals surface area contributed by atoms with E-state index in [0.717, 1.165) is 46.6 Å². The Kier molecular flexibility index (Phi) is 5.99. The molecule has 0 saturated carbocycles. The highest BCUT2D eigenvalue weighted by Gasteiger charge is 2.36. The first kappa shape index (κ1) is 22.3. The van der Waals surface area contributed by atoms with Gasteiger partial charge in [0.15, 0.2) is 0 Å². The maximum Gasteiger partial charge on any atom is 0.325 e. The zero-order chi connectivity index (χ0) is 23.0. The van der Waals surface area contributed by atoms with Gasteiger partial charge in [0.25, 0.3) is 0 Å². The molecular formula is C26H35N5O. The molecule has 1 aliphatic rings. The van der Waals surface area contributed by atoms with Crippen molar-refractivity contribution in [1.82, 2.24) is 14.5 Å². The van der Waals surface area contributed by atoms with Gasteiger partial charge in [0.1, 0.15) is 5.82 Å². The number of urea groups is 1. The van der Waals surface area contributed by atoms with E-state index < -0.39 is 0 Å². The summed E-state index contributed by atoms with van der Waals surface area (Å²) in [6.45, 7) is 13.1. The molecule has 0 radical (unpaired) electrons. The number of aromatic nitrogens is 2. The first-order chi connectivity index (χ1) is 15.2. The molecule has 0 spiro atoms. The Balaban J connectivity index is 1.78. The largest absolute Gasteiger partial charge is 0.326 e. The van der Waals surface area contributed by atoms with Crippen LogP contribution in [0.5, 0.6) is 0 Å². The summed E-state index contributed by atoms with van der Waals surface area (Å²) >= 11 is 0. The van der Waals surface area contributed by atoms with Crippen LogP contribution in [0.2, 0.25) is 0 Å². The normalized spacial score (nSPS) is 14.5. The summed E-state index contributed by atoms with van der Waals surface area (Å²) in [6.07, 6.45) is 1.05. The first-order valence-electron chi connectivity index (χ1n) is 11.5. The summed E-state index contributed by atoms with van der Waals surface area (Å²) in [6, 6.07) is 14.5. The van der Waals surface area contributed by atoms with Gasteiger partial charge < -0.3 is 15.2 Å². The molecule has 0 unspecified atom stereocenters. The number of hydrogen-bond donors (Lipinski definition) is 1. The molecule has 2 N–H and O–H groups in total. The van der Waals surface area contributed by atoms with Gasteiger partial charge in [-0.05, 0) is 62.4 Å². The molecule has 32 heavy (non-hydrogen) atoms. The van der Waals surface area contributed by atoms with Crippen molar-refractivity contribution in [3.05, 3.63) is 59.4 Å². The second kappa shape index (κ2) is 8.58. The second-order valence-electron chi connectivity index (χ2n) is 10.1. The third-order valence-electron chi connectivity index (χ3n) is 6.24. The van der Waals surface area contributed by atoms with Crippen LogP contribution >= 0.6 is 0 Å². The number of hydrogen-bond acceptors (Lipinski definition) is 3. The summed E-state index contributed by atoms with van der Waals surface area (Å²) in [5.41, 5.74) is 10.8. The molecule has 3 aromatic rings. The third kappa shape index (κ3) is 4.24. The predicted molar refractivity (Wildman–Crippen MR) is 130 cm³/mol. The van der Waals surface area contributed by atoms with E-state index in [9.17, 15) is 4.79 Å². The molecule has 0 atom stereocenters. The van der Waals surface area contributed by atoms with Gasteiger partial charge in [-0.2, -0.15) is 0 Å². The average Bonchev–Trinajstić information content (AvgIpc) is 3.09. The van der Waals surface area contributed by atoms with Crippen molar-refractivity contribution in [2.45, 2.75) is 72.8 Å². The minimum Gasteiger partial charge on any atom is -0.326 e. The lowest BCUT2D eigenvalue weighted by molar-refractivity contribution is 0.141. The Morgan fingerprint density at radius 3 is 2.56 bits per heavy atom. The average molecular weight is 434 g/mol. The van der Waals surface area contributed by atoms with E-state index in [2.05, 4.69) is 63.5 Å². The molecule has 0 bridgehead atoms. The summed E-state index contributed by atoms with van der Waals surface area (Å²) in [5, 5.41) is 0. The molecule has 170 valence electrons.